The zero-order valence-electron chi connectivity index (χ0n) is 21.0. The van der Waals surface area contributed by atoms with Crippen molar-refractivity contribution < 1.29 is 14.9 Å². The first kappa shape index (κ1) is 24.1. The Morgan fingerprint density at radius 1 is 0.865 bits per heavy atom. The number of rotatable bonds is 5. The van der Waals surface area contributed by atoms with Crippen LogP contribution in [0.3, 0.4) is 0 Å². The lowest BCUT2D eigenvalue weighted by molar-refractivity contribution is 0.0114. The molecule has 3 aliphatic rings. The van der Waals surface area contributed by atoms with Crippen LogP contribution in [0.5, 0.6) is 5.75 Å². The summed E-state index contributed by atoms with van der Waals surface area (Å²) in [5.41, 5.74) is 3.11. The van der Waals surface area contributed by atoms with Crippen LogP contribution in [0.2, 0.25) is 0 Å². The average Bonchev–Trinajstić information content (AvgIpc) is 2.97. The summed E-state index contributed by atoms with van der Waals surface area (Å²) in [7, 11) is 0. The molecule has 2 aromatic carbocycles. The number of aliphatic hydroxyl groups is 1. The minimum absolute atomic E-state index is 0.0234. The second kappa shape index (κ2) is 10.6. The molecule has 194 valence electrons. The van der Waals surface area contributed by atoms with Crippen molar-refractivity contribution in [3.05, 3.63) is 59.7 Å². The van der Waals surface area contributed by atoms with Crippen molar-refractivity contribution in [3.63, 3.8) is 0 Å². The van der Waals surface area contributed by atoms with Crippen molar-refractivity contribution >= 4 is 11.9 Å². The first-order valence-electron chi connectivity index (χ1n) is 13.3. The third-order valence-corrected chi connectivity index (χ3v) is 7.87. The maximum atomic E-state index is 10.4. The van der Waals surface area contributed by atoms with E-state index < -0.39 is 0 Å². The number of aliphatic hydroxyl groups excluding tert-OH is 1. The summed E-state index contributed by atoms with van der Waals surface area (Å²) >= 11 is 0. The summed E-state index contributed by atoms with van der Waals surface area (Å²) in [5.74, 6) is 1.92. The SMILES string of the molecule is OCC1c2ccccc2CCN1c1nc(-c2cccc(O)c2)nc(N2CCC(N3CCOCC3)CC2)n1. The number of phenols is 1. The van der Waals surface area contributed by atoms with E-state index >= 15 is 0 Å². The van der Waals surface area contributed by atoms with E-state index in [-0.39, 0.29) is 18.4 Å². The highest BCUT2D eigenvalue weighted by Gasteiger charge is 2.31. The number of phenolic OH excluding ortho intramolecular Hbond substituents is 1. The minimum Gasteiger partial charge on any atom is -0.508 e. The summed E-state index contributed by atoms with van der Waals surface area (Å²) in [4.78, 5) is 21.6. The molecule has 9 nitrogen and oxygen atoms in total. The van der Waals surface area contributed by atoms with Gasteiger partial charge in [0.05, 0.1) is 25.9 Å². The van der Waals surface area contributed by atoms with E-state index in [2.05, 4.69) is 26.8 Å². The largest absolute Gasteiger partial charge is 0.508 e. The van der Waals surface area contributed by atoms with Gasteiger partial charge < -0.3 is 24.7 Å². The molecule has 0 spiro atoms. The summed E-state index contributed by atoms with van der Waals surface area (Å²) in [6.07, 6.45) is 2.97. The van der Waals surface area contributed by atoms with Crippen molar-refractivity contribution in [1.82, 2.24) is 19.9 Å². The lowest BCUT2D eigenvalue weighted by atomic mass is 9.93. The van der Waals surface area contributed by atoms with Crippen molar-refractivity contribution in [3.8, 4) is 17.1 Å². The number of hydrogen-bond acceptors (Lipinski definition) is 9. The number of fused-ring (bicyclic) bond motifs is 1. The molecular weight excluding hydrogens is 468 g/mol. The summed E-state index contributed by atoms with van der Waals surface area (Å²) in [6.45, 7) is 6.07. The van der Waals surface area contributed by atoms with Gasteiger partial charge in [-0.15, -0.1) is 0 Å². The highest BCUT2D eigenvalue weighted by Crippen LogP contribution is 2.34. The van der Waals surface area contributed by atoms with Crippen LogP contribution in [0.15, 0.2) is 48.5 Å². The summed E-state index contributed by atoms with van der Waals surface area (Å²) < 4.78 is 5.54. The minimum atomic E-state index is -0.218. The number of nitrogens with zero attached hydrogens (tertiary/aromatic N) is 6. The van der Waals surface area contributed by atoms with Crippen molar-refractivity contribution in [2.45, 2.75) is 31.3 Å². The van der Waals surface area contributed by atoms with Gasteiger partial charge in [-0.1, -0.05) is 36.4 Å². The maximum absolute atomic E-state index is 10.4. The molecule has 6 rings (SSSR count). The first-order valence-corrected chi connectivity index (χ1v) is 13.3. The number of aromatic nitrogens is 3. The fourth-order valence-corrected chi connectivity index (χ4v) is 5.86. The van der Waals surface area contributed by atoms with E-state index in [1.807, 2.05) is 18.2 Å². The van der Waals surface area contributed by atoms with Gasteiger partial charge in [0.2, 0.25) is 11.9 Å². The molecule has 37 heavy (non-hydrogen) atoms. The lowest BCUT2D eigenvalue weighted by Gasteiger charge is -2.40. The molecule has 0 aliphatic carbocycles. The predicted molar refractivity (Wildman–Crippen MR) is 142 cm³/mol. The van der Waals surface area contributed by atoms with Crippen LogP contribution in [-0.2, 0) is 11.2 Å². The Bertz CT molecular complexity index is 1230. The molecule has 4 heterocycles. The second-order valence-electron chi connectivity index (χ2n) is 10.0. The first-order chi connectivity index (χ1) is 18.2. The second-order valence-corrected chi connectivity index (χ2v) is 10.0. The zero-order chi connectivity index (χ0) is 25.2. The molecular formula is C28H34N6O3. The van der Waals surface area contributed by atoms with Gasteiger partial charge in [0.25, 0.3) is 0 Å². The Hall–Kier alpha value is -3.27. The number of aromatic hydroxyl groups is 1. The van der Waals surface area contributed by atoms with Crippen molar-refractivity contribution in [1.29, 1.82) is 0 Å². The molecule has 0 saturated carbocycles. The quantitative estimate of drug-likeness (QED) is 0.546. The summed E-state index contributed by atoms with van der Waals surface area (Å²) in [5, 5.41) is 20.5. The molecule has 3 aliphatic heterocycles. The maximum Gasteiger partial charge on any atom is 0.231 e. The summed E-state index contributed by atoms with van der Waals surface area (Å²) in [6, 6.07) is 15.6. The Balaban J connectivity index is 1.32. The Labute approximate surface area is 217 Å². The highest BCUT2D eigenvalue weighted by atomic mass is 16.5. The Morgan fingerprint density at radius 3 is 2.43 bits per heavy atom. The molecule has 1 atom stereocenters. The number of anilines is 2. The van der Waals surface area contributed by atoms with Gasteiger partial charge in [-0.2, -0.15) is 15.0 Å². The Kier molecular flexibility index (Phi) is 6.91. The number of ether oxygens (including phenoxy) is 1. The van der Waals surface area contributed by atoms with Gasteiger partial charge in [0.15, 0.2) is 5.82 Å². The monoisotopic (exact) mass is 502 g/mol. The van der Waals surface area contributed by atoms with E-state index in [4.69, 9.17) is 19.7 Å². The van der Waals surface area contributed by atoms with E-state index in [9.17, 15) is 10.2 Å². The van der Waals surface area contributed by atoms with Gasteiger partial charge in [-0.3, -0.25) is 4.90 Å². The topological polar surface area (TPSA) is 98.1 Å². The Morgan fingerprint density at radius 2 is 1.65 bits per heavy atom. The molecule has 0 bridgehead atoms. The highest BCUT2D eigenvalue weighted by molar-refractivity contribution is 5.61. The molecule has 2 saturated heterocycles. The zero-order valence-corrected chi connectivity index (χ0v) is 21.0. The van der Waals surface area contributed by atoms with Crippen LogP contribution in [0, 0.1) is 0 Å². The fourth-order valence-electron chi connectivity index (χ4n) is 5.86. The predicted octanol–water partition coefficient (Wildman–Crippen LogP) is 2.64. The van der Waals surface area contributed by atoms with Crippen LogP contribution >= 0.6 is 0 Å². The number of hydrogen-bond donors (Lipinski definition) is 2. The van der Waals surface area contributed by atoms with Crippen molar-refractivity contribution in [2.75, 3.05) is 62.3 Å². The average molecular weight is 503 g/mol. The van der Waals surface area contributed by atoms with Crippen LogP contribution in [-0.4, -0.2) is 88.7 Å². The smallest absolute Gasteiger partial charge is 0.231 e. The van der Waals surface area contributed by atoms with Crippen LogP contribution in [0.25, 0.3) is 11.4 Å². The van der Waals surface area contributed by atoms with E-state index in [1.54, 1.807) is 18.2 Å². The van der Waals surface area contributed by atoms with Gasteiger partial charge in [0, 0.05) is 44.3 Å². The fraction of sp³-hybridized carbons (Fsp3) is 0.464. The number of benzene rings is 2. The van der Waals surface area contributed by atoms with Crippen LogP contribution < -0.4 is 9.80 Å². The van der Waals surface area contributed by atoms with E-state index in [0.717, 1.165) is 69.8 Å². The van der Waals surface area contributed by atoms with Crippen LogP contribution in [0.1, 0.15) is 30.0 Å². The molecule has 0 amide bonds. The number of morpholine rings is 1. The van der Waals surface area contributed by atoms with Gasteiger partial charge in [-0.05, 0) is 42.5 Å². The van der Waals surface area contributed by atoms with Gasteiger partial charge >= 0.3 is 0 Å². The molecule has 1 aromatic heterocycles. The van der Waals surface area contributed by atoms with Crippen molar-refractivity contribution in [2.24, 2.45) is 0 Å². The van der Waals surface area contributed by atoms with Crippen LogP contribution in [0.4, 0.5) is 11.9 Å². The molecule has 3 aromatic rings. The molecule has 2 fully saturated rings. The lowest BCUT2D eigenvalue weighted by Crippen LogP contribution is -2.49. The molecule has 9 heteroatoms. The number of piperidine rings is 1. The molecule has 2 N–H and O–H groups in total. The molecule has 0 radical (unpaired) electrons. The van der Waals surface area contributed by atoms with E-state index in [0.29, 0.717) is 30.3 Å². The van der Waals surface area contributed by atoms with E-state index in [1.165, 1.54) is 5.56 Å². The van der Waals surface area contributed by atoms with Gasteiger partial charge in [0.1, 0.15) is 5.75 Å². The third-order valence-electron chi connectivity index (χ3n) is 7.87. The third kappa shape index (κ3) is 4.99. The van der Waals surface area contributed by atoms with Gasteiger partial charge in [-0.25, -0.2) is 0 Å². The molecule has 1 unspecified atom stereocenters. The normalized spacial score (nSPS) is 21.2. The standard InChI is InChI=1S/C28H34N6O3/c35-19-25-24-7-2-1-4-20(24)8-13-34(25)28-30-26(21-5-3-6-23(36)18-21)29-27(31-28)33-11-9-22(10-12-33)32-14-16-37-17-15-32/h1-7,18,22,25,35-36H,8-17,19H2.